The minimum absolute atomic E-state index is 0.0889. The van der Waals surface area contributed by atoms with Crippen LogP contribution in [0.1, 0.15) is 64.8 Å². The van der Waals surface area contributed by atoms with E-state index in [0.29, 0.717) is 88.8 Å². The van der Waals surface area contributed by atoms with E-state index in [9.17, 15) is 36.0 Å². The zero-order valence-electron chi connectivity index (χ0n) is 44.0. The maximum atomic E-state index is 14.2. The first-order valence-electron chi connectivity index (χ1n) is 25.3. The second kappa shape index (κ2) is 24.3. The Hall–Kier alpha value is -6.13. The molecule has 2 atom stereocenters. The van der Waals surface area contributed by atoms with E-state index in [1.54, 1.807) is 46.8 Å². The van der Waals surface area contributed by atoms with Gasteiger partial charge in [-0.25, -0.2) is 21.5 Å². The molecule has 4 aromatic carbocycles. The molecule has 2 amide bonds. The summed E-state index contributed by atoms with van der Waals surface area (Å²) in [5.74, 6) is 0.459. The highest BCUT2D eigenvalue weighted by molar-refractivity contribution is 8.14. The van der Waals surface area contributed by atoms with E-state index in [1.807, 2.05) is 66.4 Å². The summed E-state index contributed by atoms with van der Waals surface area (Å²) in [4.78, 5) is 61.3. The van der Waals surface area contributed by atoms with Crippen LogP contribution in [0, 0.1) is 0 Å². The van der Waals surface area contributed by atoms with Crippen LogP contribution in [0.25, 0.3) is 0 Å². The molecule has 0 radical (unpaired) electrons. The van der Waals surface area contributed by atoms with Gasteiger partial charge in [-0.2, -0.15) is 0 Å². The lowest BCUT2D eigenvalue weighted by atomic mass is 9.94. The molecule has 0 aliphatic carbocycles. The summed E-state index contributed by atoms with van der Waals surface area (Å²) >= 11 is 25.9. The van der Waals surface area contributed by atoms with Crippen molar-refractivity contribution in [3.05, 3.63) is 184 Å². The number of carbonyl (C=O) groups is 2. The van der Waals surface area contributed by atoms with Gasteiger partial charge in [-0.3, -0.25) is 29.0 Å². The van der Waals surface area contributed by atoms with Gasteiger partial charge in [0.1, 0.15) is 23.7 Å². The van der Waals surface area contributed by atoms with Gasteiger partial charge < -0.3 is 30.2 Å². The Balaban J connectivity index is 0.000000188. The molecule has 4 aliphatic rings. The Kier molecular flexibility index (Phi) is 18.2. The number of fused-ring (bicyclic) bond motifs is 2. The lowest BCUT2D eigenvalue weighted by Crippen LogP contribution is -2.50. The first-order valence-corrected chi connectivity index (χ1v) is 30.6. The molecule has 6 heterocycles. The molecule has 4 aliphatic heterocycles. The van der Waals surface area contributed by atoms with E-state index in [4.69, 9.17) is 57.1 Å². The summed E-state index contributed by atoms with van der Waals surface area (Å²) in [5, 5.41) is 8.94. The number of hydrogen-bond donors (Lipinski definition) is 3. The van der Waals surface area contributed by atoms with E-state index in [-0.39, 0.29) is 33.2 Å². The number of hydrogen-bond acceptors (Lipinski definition) is 12. The topological polar surface area (TPSA) is 204 Å². The van der Waals surface area contributed by atoms with E-state index >= 15 is 0 Å². The highest BCUT2D eigenvalue weighted by atomic mass is 35.7. The number of nitrogens with one attached hydrogen (secondary N) is 3. The average Bonchev–Trinajstić information content (AvgIpc) is 3.98. The molecule has 0 saturated carbocycles. The summed E-state index contributed by atoms with van der Waals surface area (Å²) in [6.07, 6.45) is 0. The SMILES string of the molecule is CC(C)S(=O)(=O)Cl.CC1=C(C(=O)N2CCN(c3ccccc3)CC2)C(c2cccc(Cl)c2Cl)n2[nH]c(=O)cc2N1.CC1=C(C(=O)N2CCN(c3ccccc3)CC2)C(c2cccc(Cl)c2Cl)n2c(cc(=O)n2S(=O)(=O)C(C)C)N1. The number of benzene rings is 4. The van der Waals surface area contributed by atoms with Crippen molar-refractivity contribution in [2.24, 2.45) is 0 Å². The predicted octanol–water partition coefficient (Wildman–Crippen LogP) is 9.26. The third-order valence-corrected chi connectivity index (χ3v) is 19.8. The fourth-order valence-electron chi connectivity index (χ4n) is 9.67. The highest BCUT2D eigenvalue weighted by Crippen LogP contribution is 2.43. The van der Waals surface area contributed by atoms with Crippen LogP contribution in [-0.4, -0.2) is 120 Å². The number of H-pyrrole nitrogens is 1. The number of amides is 2. The molecular formula is C54H59Cl5N10O8S2. The van der Waals surface area contributed by atoms with Gasteiger partial charge in [-0.05, 0) is 77.9 Å². The van der Waals surface area contributed by atoms with Crippen LogP contribution in [0.3, 0.4) is 0 Å². The van der Waals surface area contributed by atoms with Crippen molar-refractivity contribution in [2.75, 3.05) is 72.8 Å². The second-order valence-corrected chi connectivity index (χ2v) is 26.7. The zero-order chi connectivity index (χ0) is 57.2. The van der Waals surface area contributed by atoms with E-state index in [2.05, 4.69) is 37.7 Å². The Labute approximate surface area is 483 Å². The van der Waals surface area contributed by atoms with Gasteiger partial charge >= 0.3 is 0 Å². The number of piperazine rings is 2. The van der Waals surface area contributed by atoms with Crippen LogP contribution in [0.15, 0.2) is 141 Å². The molecule has 25 heteroatoms. The molecule has 0 bridgehead atoms. The Morgan fingerprint density at radius 1 is 0.557 bits per heavy atom. The summed E-state index contributed by atoms with van der Waals surface area (Å²) < 4.78 is 50.7. The van der Waals surface area contributed by atoms with Crippen molar-refractivity contribution in [3.63, 3.8) is 0 Å². The predicted molar refractivity (Wildman–Crippen MR) is 315 cm³/mol. The number of rotatable bonds is 9. The monoisotopic (exact) mass is 1210 g/mol. The molecule has 79 heavy (non-hydrogen) atoms. The number of nitrogens with zero attached hydrogens (tertiary/aromatic N) is 7. The number of para-hydroxylation sites is 2. The largest absolute Gasteiger partial charge is 0.368 e. The van der Waals surface area contributed by atoms with Crippen LogP contribution < -0.4 is 31.6 Å². The van der Waals surface area contributed by atoms with Crippen molar-refractivity contribution in [2.45, 2.75) is 64.1 Å². The van der Waals surface area contributed by atoms with Crippen molar-refractivity contribution in [3.8, 4) is 0 Å². The summed E-state index contributed by atoms with van der Waals surface area (Å²) in [5.41, 5.74) is 4.34. The van der Waals surface area contributed by atoms with Gasteiger partial charge in [0.15, 0.2) is 0 Å². The smallest absolute Gasteiger partial charge is 0.283 e. The maximum Gasteiger partial charge on any atom is 0.283 e. The van der Waals surface area contributed by atoms with Crippen LogP contribution in [0.2, 0.25) is 20.1 Å². The Morgan fingerprint density at radius 3 is 1.41 bits per heavy atom. The van der Waals surface area contributed by atoms with Crippen LogP contribution in [-0.2, 0) is 28.7 Å². The maximum absolute atomic E-state index is 14.2. The van der Waals surface area contributed by atoms with Crippen molar-refractivity contribution in [1.29, 1.82) is 0 Å². The molecule has 10 rings (SSSR count). The van der Waals surface area contributed by atoms with E-state index in [1.165, 1.54) is 44.5 Å². The normalized spacial score (nSPS) is 17.5. The number of allylic oxidation sites excluding steroid dienone is 2. The molecule has 2 unspecified atom stereocenters. The fourth-order valence-corrected chi connectivity index (χ4v) is 11.6. The highest BCUT2D eigenvalue weighted by Gasteiger charge is 2.42. The second-order valence-electron chi connectivity index (χ2n) is 19.6. The third kappa shape index (κ3) is 12.5. The molecule has 420 valence electrons. The first-order chi connectivity index (χ1) is 37.4. The van der Waals surface area contributed by atoms with E-state index in [0.717, 1.165) is 28.6 Å². The Morgan fingerprint density at radius 2 is 0.975 bits per heavy atom. The van der Waals surface area contributed by atoms with Crippen molar-refractivity contribution in [1.82, 2.24) is 28.3 Å². The van der Waals surface area contributed by atoms with Crippen LogP contribution in [0.5, 0.6) is 0 Å². The third-order valence-electron chi connectivity index (χ3n) is 13.9. The van der Waals surface area contributed by atoms with Gasteiger partial charge in [-0.15, -0.1) is 4.09 Å². The number of anilines is 4. The van der Waals surface area contributed by atoms with E-state index < -0.39 is 47.2 Å². The van der Waals surface area contributed by atoms with Gasteiger partial charge in [0, 0.05) is 109 Å². The zero-order valence-corrected chi connectivity index (χ0v) is 49.4. The molecule has 18 nitrogen and oxygen atoms in total. The molecule has 0 spiro atoms. The lowest BCUT2D eigenvalue weighted by molar-refractivity contribution is -0.128. The van der Waals surface area contributed by atoms with Crippen LogP contribution in [0.4, 0.5) is 23.0 Å². The number of carbonyl (C=O) groups excluding carboxylic acids is 2. The summed E-state index contributed by atoms with van der Waals surface area (Å²) in [6.45, 7) is 14.5. The molecular weight excluding hydrogens is 1160 g/mol. The molecule has 3 N–H and O–H groups in total. The van der Waals surface area contributed by atoms with Gasteiger partial charge in [-0.1, -0.05) is 107 Å². The van der Waals surface area contributed by atoms with Gasteiger partial charge in [0.2, 0.25) is 9.05 Å². The van der Waals surface area contributed by atoms with Crippen molar-refractivity contribution >= 4 is 111 Å². The minimum atomic E-state index is -4.10. The van der Waals surface area contributed by atoms with Crippen LogP contribution >= 0.6 is 57.1 Å². The van der Waals surface area contributed by atoms with Crippen molar-refractivity contribution < 1.29 is 26.4 Å². The first kappa shape index (κ1) is 59.0. The summed E-state index contributed by atoms with van der Waals surface area (Å²) in [6, 6.07) is 31.6. The molecule has 2 fully saturated rings. The number of halogens is 5. The van der Waals surface area contributed by atoms with Gasteiger partial charge in [0.25, 0.3) is 33.0 Å². The molecule has 2 aromatic heterocycles. The standard InChI is InChI=1S/C27H29Cl2N5O4S.C24H23Cl2N5O2.C3H7ClO2S/c1-17(2)39(37,38)34-23(35)16-22-30-18(3)24(26(33(22)34)20-10-7-11-21(28)25(20)29)27(36)32-14-12-31(13-15-32)19-8-5-4-6-9-19;1-15-21(24(33)30-12-10-29(11-13-30)16-6-3-2-4-7-16)23(17-8-5-9-18(25)22(17)26)31-19(27-15)14-20(32)28-31;1-3(2)7(4,5)6/h4-11,16-17,26,30H,12-15H2,1-3H3;2-9,14,23,27H,10-13H2,1H3,(H,28,32);3H,1-2H3. The molecule has 6 aromatic rings. The number of aromatic amines is 1. The Bertz CT molecular complexity index is 3680. The minimum Gasteiger partial charge on any atom is -0.368 e. The summed E-state index contributed by atoms with van der Waals surface area (Å²) in [7, 11) is -2.53. The molecule has 2 saturated heterocycles. The fraction of sp³-hybridized carbons (Fsp3) is 0.333. The average molecular weight is 1220 g/mol. The number of aromatic nitrogens is 4. The quantitative estimate of drug-likeness (QED) is 0.116. The lowest BCUT2D eigenvalue weighted by Gasteiger charge is -2.39. The van der Waals surface area contributed by atoms with Gasteiger partial charge in [0.05, 0.1) is 41.7 Å².